The third-order valence-electron chi connectivity index (χ3n) is 1.79. The molecule has 2 unspecified atom stereocenters. The van der Waals surface area contributed by atoms with Crippen molar-refractivity contribution in [3.8, 4) is 0 Å². The van der Waals surface area contributed by atoms with Gasteiger partial charge in [0.15, 0.2) is 0 Å². The Balaban J connectivity index is 2.56. The molecular formula is C7H11NO5. The Morgan fingerprint density at radius 1 is 1.69 bits per heavy atom. The highest BCUT2D eigenvalue weighted by atomic mass is 16.7. The van der Waals surface area contributed by atoms with Gasteiger partial charge in [0.05, 0.1) is 6.61 Å². The zero-order chi connectivity index (χ0) is 9.84. The highest BCUT2D eigenvalue weighted by molar-refractivity contribution is 5.66. The topological polar surface area (TPSA) is 78.7 Å². The smallest absolute Gasteiger partial charge is 0.305 e. The number of ether oxygens (including phenoxy) is 2. The molecule has 1 heterocycles. The number of carbonyl (C=O) groups excluding carboxylic acids is 1. The first kappa shape index (κ1) is 9.91. The molecule has 0 aromatic rings. The van der Waals surface area contributed by atoms with E-state index in [1.54, 1.807) is 0 Å². The van der Waals surface area contributed by atoms with E-state index in [2.05, 4.69) is 4.74 Å². The van der Waals surface area contributed by atoms with Gasteiger partial charge in [-0.3, -0.25) is 14.9 Å². The van der Waals surface area contributed by atoms with Gasteiger partial charge in [-0.25, -0.2) is 0 Å². The Morgan fingerprint density at radius 3 is 2.92 bits per heavy atom. The fraction of sp³-hybridized carbons (Fsp3) is 0.857. The Hall–Kier alpha value is -1.17. The molecule has 1 saturated heterocycles. The summed E-state index contributed by atoms with van der Waals surface area (Å²) in [5.74, 6) is -0.557. The number of nitrogens with zero attached hydrogens (tertiary/aromatic N) is 1. The quantitative estimate of drug-likeness (QED) is 0.355. The van der Waals surface area contributed by atoms with E-state index in [4.69, 9.17) is 4.74 Å². The molecule has 0 aliphatic carbocycles. The first-order valence-electron chi connectivity index (χ1n) is 4.03. The van der Waals surface area contributed by atoms with Crippen LogP contribution in [0.5, 0.6) is 0 Å². The number of nitro groups is 1. The largest absolute Gasteiger partial charge is 0.428 e. The van der Waals surface area contributed by atoms with Crippen LogP contribution in [0.4, 0.5) is 0 Å². The van der Waals surface area contributed by atoms with Crippen molar-refractivity contribution in [1.29, 1.82) is 0 Å². The molecule has 0 aromatic carbocycles. The maximum atomic E-state index is 10.6. The van der Waals surface area contributed by atoms with Crippen molar-refractivity contribution < 1.29 is 19.2 Å². The molecule has 6 heteroatoms. The molecule has 0 amide bonds. The third-order valence-corrected chi connectivity index (χ3v) is 1.79. The molecule has 1 aliphatic rings. The standard InChI is InChI=1S/C7H11NO5/c1-5(9)13-7-6(8(10)11)3-2-4-12-7/h6-7H,2-4H2,1H3. The molecule has 13 heavy (non-hydrogen) atoms. The lowest BCUT2D eigenvalue weighted by Crippen LogP contribution is -2.42. The van der Waals surface area contributed by atoms with E-state index >= 15 is 0 Å². The Labute approximate surface area is 75.0 Å². The van der Waals surface area contributed by atoms with Crippen LogP contribution in [-0.4, -0.2) is 29.8 Å². The van der Waals surface area contributed by atoms with Crippen LogP contribution in [-0.2, 0) is 14.3 Å². The van der Waals surface area contributed by atoms with Gasteiger partial charge in [-0.1, -0.05) is 0 Å². The van der Waals surface area contributed by atoms with Crippen LogP contribution in [0.2, 0.25) is 0 Å². The summed E-state index contributed by atoms with van der Waals surface area (Å²) < 4.78 is 9.64. The van der Waals surface area contributed by atoms with E-state index in [9.17, 15) is 14.9 Å². The first-order chi connectivity index (χ1) is 6.11. The summed E-state index contributed by atoms with van der Waals surface area (Å²) in [5.41, 5.74) is 0. The van der Waals surface area contributed by atoms with Crippen molar-refractivity contribution in [3.63, 3.8) is 0 Å². The van der Waals surface area contributed by atoms with Gasteiger partial charge in [-0.15, -0.1) is 0 Å². The second-order valence-electron chi connectivity index (χ2n) is 2.84. The number of hydrogen-bond donors (Lipinski definition) is 0. The SMILES string of the molecule is CC(=O)OC1OCCCC1[N+](=O)[O-]. The minimum Gasteiger partial charge on any atom is -0.428 e. The van der Waals surface area contributed by atoms with Crippen LogP contribution in [0.25, 0.3) is 0 Å². The van der Waals surface area contributed by atoms with Crippen LogP contribution >= 0.6 is 0 Å². The molecular weight excluding hydrogens is 178 g/mol. The van der Waals surface area contributed by atoms with Gasteiger partial charge in [0.1, 0.15) is 0 Å². The lowest BCUT2D eigenvalue weighted by atomic mass is 10.1. The lowest BCUT2D eigenvalue weighted by molar-refractivity contribution is -0.552. The first-order valence-corrected chi connectivity index (χ1v) is 4.03. The van der Waals surface area contributed by atoms with Crippen molar-refractivity contribution in [2.45, 2.75) is 32.1 Å². The van der Waals surface area contributed by atoms with E-state index in [-0.39, 0.29) is 0 Å². The van der Waals surface area contributed by atoms with E-state index < -0.39 is 23.2 Å². The number of esters is 1. The van der Waals surface area contributed by atoms with Crippen molar-refractivity contribution >= 4 is 5.97 Å². The van der Waals surface area contributed by atoms with Crippen molar-refractivity contribution in [2.24, 2.45) is 0 Å². The molecule has 0 radical (unpaired) electrons. The Kier molecular flexibility index (Phi) is 3.18. The molecule has 74 valence electrons. The fourth-order valence-corrected chi connectivity index (χ4v) is 1.22. The van der Waals surface area contributed by atoms with Crippen molar-refractivity contribution in [3.05, 3.63) is 10.1 Å². The molecule has 1 rings (SSSR count). The van der Waals surface area contributed by atoms with Gasteiger partial charge < -0.3 is 9.47 Å². The van der Waals surface area contributed by atoms with Crippen LogP contribution in [0.1, 0.15) is 19.8 Å². The maximum absolute atomic E-state index is 10.6. The fourth-order valence-electron chi connectivity index (χ4n) is 1.22. The highest BCUT2D eigenvalue weighted by Gasteiger charge is 2.37. The number of carbonyl (C=O) groups is 1. The average Bonchev–Trinajstić information content (AvgIpc) is 2.03. The zero-order valence-corrected chi connectivity index (χ0v) is 7.26. The van der Waals surface area contributed by atoms with Crippen LogP contribution in [0.3, 0.4) is 0 Å². The van der Waals surface area contributed by atoms with E-state index in [1.165, 1.54) is 6.92 Å². The Morgan fingerprint density at radius 2 is 2.38 bits per heavy atom. The predicted molar refractivity (Wildman–Crippen MR) is 41.5 cm³/mol. The summed E-state index contributed by atoms with van der Waals surface area (Å²) in [6.07, 6.45) is 0.00945. The third kappa shape index (κ3) is 2.66. The van der Waals surface area contributed by atoms with Gasteiger partial charge in [0, 0.05) is 18.3 Å². The minimum absolute atomic E-state index is 0.394. The lowest BCUT2D eigenvalue weighted by Gasteiger charge is -2.24. The van der Waals surface area contributed by atoms with E-state index in [0.29, 0.717) is 19.4 Å². The normalized spacial score (nSPS) is 28.1. The molecule has 6 nitrogen and oxygen atoms in total. The van der Waals surface area contributed by atoms with E-state index in [1.807, 2.05) is 0 Å². The van der Waals surface area contributed by atoms with Crippen molar-refractivity contribution in [2.75, 3.05) is 6.61 Å². The summed E-state index contributed by atoms with van der Waals surface area (Å²) >= 11 is 0. The van der Waals surface area contributed by atoms with Crippen molar-refractivity contribution in [1.82, 2.24) is 0 Å². The number of hydrogen-bond acceptors (Lipinski definition) is 5. The second-order valence-corrected chi connectivity index (χ2v) is 2.84. The Bertz CT molecular complexity index is 217. The van der Waals surface area contributed by atoms with Gasteiger partial charge in [-0.05, 0) is 6.42 Å². The van der Waals surface area contributed by atoms with Crippen LogP contribution in [0.15, 0.2) is 0 Å². The molecule has 0 N–H and O–H groups in total. The predicted octanol–water partition coefficient (Wildman–Crippen LogP) is 0.331. The molecule has 0 bridgehead atoms. The summed E-state index contributed by atoms with van der Waals surface area (Å²) in [4.78, 5) is 20.6. The minimum atomic E-state index is -1.01. The number of rotatable bonds is 2. The van der Waals surface area contributed by atoms with Gasteiger partial charge >= 0.3 is 5.97 Å². The summed E-state index contributed by atoms with van der Waals surface area (Å²) in [7, 11) is 0. The van der Waals surface area contributed by atoms with Gasteiger partial charge in [0.25, 0.3) is 12.3 Å². The maximum Gasteiger partial charge on any atom is 0.305 e. The molecule has 0 spiro atoms. The van der Waals surface area contributed by atoms with Gasteiger partial charge in [-0.2, -0.15) is 0 Å². The summed E-state index contributed by atoms with van der Waals surface area (Å²) in [5, 5.41) is 10.5. The summed E-state index contributed by atoms with van der Waals surface area (Å²) in [6.45, 7) is 1.61. The van der Waals surface area contributed by atoms with Crippen LogP contribution < -0.4 is 0 Å². The highest BCUT2D eigenvalue weighted by Crippen LogP contribution is 2.17. The van der Waals surface area contributed by atoms with Gasteiger partial charge in [0.2, 0.25) is 0 Å². The molecule has 0 saturated carbocycles. The molecule has 1 fully saturated rings. The zero-order valence-electron chi connectivity index (χ0n) is 7.26. The average molecular weight is 189 g/mol. The molecule has 2 atom stereocenters. The summed E-state index contributed by atoms with van der Waals surface area (Å²) in [6, 6.07) is -0.919. The van der Waals surface area contributed by atoms with E-state index in [0.717, 1.165) is 0 Å². The molecule has 1 aliphatic heterocycles. The monoisotopic (exact) mass is 189 g/mol. The molecule has 0 aromatic heterocycles. The van der Waals surface area contributed by atoms with Crippen LogP contribution in [0, 0.1) is 10.1 Å². The second kappa shape index (κ2) is 4.18.